The summed E-state index contributed by atoms with van der Waals surface area (Å²) in [5, 5.41) is 0.327. The second-order valence-corrected chi connectivity index (χ2v) is 3.95. The van der Waals surface area contributed by atoms with Crippen molar-refractivity contribution >= 4 is 17.5 Å². The summed E-state index contributed by atoms with van der Waals surface area (Å²) >= 11 is 6.08. The molecule has 0 saturated carbocycles. The van der Waals surface area contributed by atoms with Crippen LogP contribution in [0.25, 0.3) is 0 Å². The van der Waals surface area contributed by atoms with Gasteiger partial charge in [0.25, 0.3) is 5.91 Å². The number of halogens is 1. The largest absolute Gasteiger partial charge is 0.490 e. The van der Waals surface area contributed by atoms with Crippen LogP contribution < -0.4 is 20.7 Å². The van der Waals surface area contributed by atoms with Crippen molar-refractivity contribution in [3.05, 3.63) is 22.7 Å². The molecule has 5 nitrogen and oxygen atoms in total. The van der Waals surface area contributed by atoms with Crippen LogP contribution in [0.4, 0.5) is 0 Å². The summed E-state index contributed by atoms with van der Waals surface area (Å²) in [7, 11) is 0. The SMILES string of the molecule is CCCOc1c(Cl)cc(C(=O)NN)cc1OCC. The Morgan fingerprint density at radius 1 is 1.39 bits per heavy atom. The Kier molecular flexibility index (Phi) is 5.74. The lowest BCUT2D eigenvalue weighted by Crippen LogP contribution is -2.30. The van der Waals surface area contributed by atoms with Crippen molar-refractivity contribution in [2.24, 2.45) is 5.84 Å². The van der Waals surface area contributed by atoms with E-state index in [1.807, 2.05) is 19.3 Å². The van der Waals surface area contributed by atoms with Gasteiger partial charge in [-0.2, -0.15) is 0 Å². The van der Waals surface area contributed by atoms with Crippen LogP contribution in [0.3, 0.4) is 0 Å². The second kappa shape index (κ2) is 7.08. The van der Waals surface area contributed by atoms with E-state index in [0.29, 0.717) is 35.3 Å². The van der Waals surface area contributed by atoms with E-state index in [1.165, 1.54) is 6.07 Å². The average molecular weight is 273 g/mol. The van der Waals surface area contributed by atoms with Crippen molar-refractivity contribution in [3.8, 4) is 11.5 Å². The molecule has 1 aromatic rings. The molecule has 0 aliphatic rings. The van der Waals surface area contributed by atoms with Gasteiger partial charge in [-0.3, -0.25) is 10.2 Å². The first-order valence-electron chi connectivity index (χ1n) is 5.74. The number of nitrogens with one attached hydrogen (secondary N) is 1. The molecular formula is C12H17ClN2O3. The van der Waals surface area contributed by atoms with Crippen LogP contribution in [0.2, 0.25) is 5.02 Å². The van der Waals surface area contributed by atoms with Crippen molar-refractivity contribution < 1.29 is 14.3 Å². The summed E-state index contributed by atoms with van der Waals surface area (Å²) in [6, 6.07) is 3.06. The Balaban J connectivity index is 3.13. The number of amides is 1. The van der Waals surface area contributed by atoms with Crippen molar-refractivity contribution in [3.63, 3.8) is 0 Å². The third-order valence-electron chi connectivity index (χ3n) is 2.15. The van der Waals surface area contributed by atoms with Gasteiger partial charge < -0.3 is 9.47 Å². The molecule has 6 heteroatoms. The highest BCUT2D eigenvalue weighted by molar-refractivity contribution is 6.32. The molecule has 1 rings (SSSR count). The van der Waals surface area contributed by atoms with E-state index in [-0.39, 0.29) is 0 Å². The third-order valence-corrected chi connectivity index (χ3v) is 2.43. The van der Waals surface area contributed by atoms with Gasteiger partial charge in [-0.15, -0.1) is 0 Å². The number of ether oxygens (including phenoxy) is 2. The monoisotopic (exact) mass is 272 g/mol. The number of hydrogen-bond donors (Lipinski definition) is 2. The zero-order chi connectivity index (χ0) is 13.5. The highest BCUT2D eigenvalue weighted by Gasteiger charge is 2.15. The highest BCUT2D eigenvalue weighted by Crippen LogP contribution is 2.36. The number of carbonyl (C=O) groups excluding carboxylic acids is 1. The molecule has 0 aromatic heterocycles. The number of hydrazine groups is 1. The van der Waals surface area contributed by atoms with E-state index in [0.717, 1.165) is 6.42 Å². The fraction of sp³-hybridized carbons (Fsp3) is 0.417. The van der Waals surface area contributed by atoms with E-state index >= 15 is 0 Å². The Hall–Kier alpha value is -1.46. The molecule has 18 heavy (non-hydrogen) atoms. The van der Waals surface area contributed by atoms with Crippen LogP contribution in [0.15, 0.2) is 12.1 Å². The number of rotatable bonds is 6. The quantitative estimate of drug-likeness (QED) is 0.473. The van der Waals surface area contributed by atoms with Crippen LogP contribution in [-0.2, 0) is 0 Å². The standard InChI is InChI=1S/C12H17ClN2O3/c1-3-5-18-11-9(13)6-8(12(16)15-14)7-10(11)17-4-2/h6-7H,3-5,14H2,1-2H3,(H,15,16). The molecular weight excluding hydrogens is 256 g/mol. The predicted molar refractivity (Wildman–Crippen MR) is 70.1 cm³/mol. The average Bonchev–Trinajstić information content (AvgIpc) is 2.37. The minimum atomic E-state index is -0.431. The van der Waals surface area contributed by atoms with Gasteiger partial charge in [0, 0.05) is 5.56 Å². The van der Waals surface area contributed by atoms with Crippen molar-refractivity contribution in [1.29, 1.82) is 0 Å². The molecule has 0 bridgehead atoms. The van der Waals surface area contributed by atoms with E-state index in [4.69, 9.17) is 26.9 Å². The smallest absolute Gasteiger partial charge is 0.265 e. The van der Waals surface area contributed by atoms with Crippen molar-refractivity contribution in [1.82, 2.24) is 5.43 Å². The number of nitrogen functional groups attached to an aromatic ring is 1. The first-order chi connectivity index (χ1) is 8.63. The minimum Gasteiger partial charge on any atom is -0.490 e. The molecule has 0 fully saturated rings. The molecule has 100 valence electrons. The molecule has 0 radical (unpaired) electrons. The molecule has 0 atom stereocenters. The van der Waals surface area contributed by atoms with Gasteiger partial charge in [0.2, 0.25) is 0 Å². The fourth-order valence-corrected chi connectivity index (χ4v) is 1.65. The maximum atomic E-state index is 11.5. The van der Waals surface area contributed by atoms with Crippen molar-refractivity contribution in [2.45, 2.75) is 20.3 Å². The van der Waals surface area contributed by atoms with Gasteiger partial charge in [0.1, 0.15) is 0 Å². The summed E-state index contributed by atoms with van der Waals surface area (Å²) in [6.45, 7) is 4.81. The molecule has 1 amide bonds. The Morgan fingerprint density at radius 3 is 2.67 bits per heavy atom. The van der Waals surface area contributed by atoms with Crippen LogP contribution in [0.5, 0.6) is 11.5 Å². The lowest BCUT2D eigenvalue weighted by Gasteiger charge is -2.14. The number of hydrogen-bond acceptors (Lipinski definition) is 4. The fourth-order valence-electron chi connectivity index (χ4n) is 1.39. The number of benzene rings is 1. The van der Waals surface area contributed by atoms with E-state index < -0.39 is 5.91 Å². The molecule has 0 saturated heterocycles. The topological polar surface area (TPSA) is 73.6 Å². The van der Waals surface area contributed by atoms with Crippen LogP contribution >= 0.6 is 11.6 Å². The maximum absolute atomic E-state index is 11.5. The molecule has 3 N–H and O–H groups in total. The Bertz CT molecular complexity index is 424. The van der Waals surface area contributed by atoms with Crippen molar-refractivity contribution in [2.75, 3.05) is 13.2 Å². The molecule has 0 unspecified atom stereocenters. The van der Waals surface area contributed by atoms with E-state index in [1.54, 1.807) is 6.07 Å². The number of nitrogens with two attached hydrogens (primary N) is 1. The molecule has 0 aliphatic carbocycles. The maximum Gasteiger partial charge on any atom is 0.265 e. The van der Waals surface area contributed by atoms with E-state index in [2.05, 4.69) is 0 Å². The summed E-state index contributed by atoms with van der Waals surface area (Å²) < 4.78 is 10.9. The lowest BCUT2D eigenvalue weighted by molar-refractivity contribution is 0.0953. The Morgan fingerprint density at radius 2 is 2.11 bits per heavy atom. The van der Waals surface area contributed by atoms with Crippen LogP contribution in [0.1, 0.15) is 30.6 Å². The summed E-state index contributed by atoms with van der Waals surface area (Å²) in [6.07, 6.45) is 0.854. The number of carbonyl (C=O) groups is 1. The summed E-state index contributed by atoms with van der Waals surface area (Å²) in [5.41, 5.74) is 2.38. The van der Waals surface area contributed by atoms with Crippen LogP contribution in [-0.4, -0.2) is 19.1 Å². The molecule has 0 heterocycles. The van der Waals surface area contributed by atoms with Gasteiger partial charge in [0.05, 0.1) is 18.2 Å². The van der Waals surface area contributed by atoms with Gasteiger partial charge in [-0.25, -0.2) is 5.84 Å². The van der Waals surface area contributed by atoms with Crippen LogP contribution in [0, 0.1) is 0 Å². The van der Waals surface area contributed by atoms with Gasteiger partial charge in [-0.05, 0) is 25.5 Å². The molecule has 0 spiro atoms. The van der Waals surface area contributed by atoms with E-state index in [9.17, 15) is 4.79 Å². The van der Waals surface area contributed by atoms with Gasteiger partial charge >= 0.3 is 0 Å². The highest BCUT2D eigenvalue weighted by atomic mass is 35.5. The first kappa shape index (κ1) is 14.6. The molecule has 1 aromatic carbocycles. The predicted octanol–water partition coefficient (Wildman–Crippen LogP) is 2.13. The Labute approximate surface area is 111 Å². The zero-order valence-corrected chi connectivity index (χ0v) is 11.2. The zero-order valence-electron chi connectivity index (χ0n) is 10.5. The molecule has 0 aliphatic heterocycles. The third kappa shape index (κ3) is 3.51. The normalized spacial score (nSPS) is 10.0. The lowest BCUT2D eigenvalue weighted by atomic mass is 10.2. The first-order valence-corrected chi connectivity index (χ1v) is 6.11. The summed E-state index contributed by atoms with van der Waals surface area (Å²) in [4.78, 5) is 11.5. The summed E-state index contributed by atoms with van der Waals surface area (Å²) in [5.74, 6) is 5.55. The second-order valence-electron chi connectivity index (χ2n) is 3.54. The van der Waals surface area contributed by atoms with Gasteiger partial charge in [0.15, 0.2) is 11.5 Å². The van der Waals surface area contributed by atoms with Gasteiger partial charge in [-0.1, -0.05) is 18.5 Å². The minimum absolute atomic E-state index is 0.327.